The number of benzene rings is 1. The molecule has 6 heteroatoms. The van der Waals surface area contributed by atoms with Crippen molar-refractivity contribution in [3.8, 4) is 11.4 Å². The number of aromatic nitrogens is 2. The molecule has 4 heterocycles. The number of rotatable bonds is 6. The Morgan fingerprint density at radius 1 is 1.10 bits per heavy atom. The summed E-state index contributed by atoms with van der Waals surface area (Å²) in [6.07, 6.45) is 11.8. The molecule has 31 heavy (non-hydrogen) atoms. The van der Waals surface area contributed by atoms with Crippen molar-refractivity contribution in [1.82, 2.24) is 14.5 Å². The van der Waals surface area contributed by atoms with Gasteiger partial charge in [0.2, 0.25) is 0 Å². The van der Waals surface area contributed by atoms with Crippen LogP contribution in [0.5, 0.6) is 5.75 Å². The predicted octanol–water partition coefficient (Wildman–Crippen LogP) is 4.79. The minimum Gasteiger partial charge on any atom is -0.490 e. The van der Waals surface area contributed by atoms with Gasteiger partial charge in [0.1, 0.15) is 22.9 Å². The van der Waals surface area contributed by atoms with E-state index in [1.54, 1.807) is 22.2 Å². The van der Waals surface area contributed by atoms with Gasteiger partial charge in [0, 0.05) is 17.0 Å². The van der Waals surface area contributed by atoms with Crippen LogP contribution in [-0.2, 0) is 6.42 Å². The Bertz CT molecular complexity index is 1130. The summed E-state index contributed by atoms with van der Waals surface area (Å²) in [4.78, 5) is 21.5. The number of hydrogen-bond donors (Lipinski definition) is 0. The molecule has 1 aromatic carbocycles. The first-order valence-corrected chi connectivity index (χ1v) is 12.4. The summed E-state index contributed by atoms with van der Waals surface area (Å²) < 4.78 is 8.72. The van der Waals surface area contributed by atoms with Gasteiger partial charge in [-0.05, 0) is 81.8 Å². The molecule has 2 bridgehead atoms. The van der Waals surface area contributed by atoms with Crippen LogP contribution in [0, 0.1) is 5.92 Å². The van der Waals surface area contributed by atoms with Crippen LogP contribution in [0.15, 0.2) is 41.5 Å². The maximum Gasteiger partial charge on any atom is 0.275 e. The molecule has 2 aromatic heterocycles. The van der Waals surface area contributed by atoms with Crippen molar-refractivity contribution in [2.24, 2.45) is 5.92 Å². The molecule has 3 fully saturated rings. The van der Waals surface area contributed by atoms with E-state index in [0.717, 1.165) is 46.8 Å². The van der Waals surface area contributed by atoms with E-state index in [4.69, 9.17) is 4.74 Å². The summed E-state index contributed by atoms with van der Waals surface area (Å²) in [6.45, 7) is 0. The van der Waals surface area contributed by atoms with Crippen LogP contribution < -0.4 is 10.3 Å². The molecule has 162 valence electrons. The lowest BCUT2D eigenvalue weighted by Crippen LogP contribution is -2.43. The predicted molar refractivity (Wildman–Crippen MR) is 124 cm³/mol. The quantitative estimate of drug-likeness (QED) is 0.558. The minimum absolute atomic E-state index is 0.0215. The normalized spacial score (nSPS) is 25.9. The molecule has 2 unspecified atom stereocenters. The lowest BCUT2D eigenvalue weighted by Gasteiger charge is -2.36. The average Bonchev–Trinajstić information content (AvgIpc) is 3.47. The fourth-order valence-electron chi connectivity index (χ4n) is 5.36. The Morgan fingerprint density at radius 2 is 1.84 bits per heavy atom. The Labute approximate surface area is 186 Å². The number of fused-ring (bicyclic) bond motifs is 3. The van der Waals surface area contributed by atoms with Gasteiger partial charge in [0.15, 0.2) is 0 Å². The smallest absolute Gasteiger partial charge is 0.275 e. The first kappa shape index (κ1) is 19.5. The number of aryl methyl sites for hydroxylation is 1. The number of hydrogen-bond acceptors (Lipinski definition) is 5. The molecule has 6 rings (SSSR count). The van der Waals surface area contributed by atoms with Crippen LogP contribution in [0.2, 0.25) is 0 Å². The van der Waals surface area contributed by atoms with Gasteiger partial charge in [-0.3, -0.25) is 9.36 Å². The topological polar surface area (TPSA) is 47.4 Å². The molecule has 1 aliphatic carbocycles. The van der Waals surface area contributed by atoms with Crippen LogP contribution in [0.25, 0.3) is 15.9 Å². The zero-order chi connectivity index (χ0) is 20.9. The van der Waals surface area contributed by atoms with E-state index in [2.05, 4.69) is 23.0 Å². The third-order valence-corrected chi connectivity index (χ3v) is 8.63. The van der Waals surface area contributed by atoms with Crippen LogP contribution >= 0.6 is 11.3 Å². The Kier molecular flexibility index (Phi) is 4.87. The van der Waals surface area contributed by atoms with E-state index in [1.165, 1.54) is 37.0 Å². The molecule has 5 nitrogen and oxygen atoms in total. The SMILES string of the molecule is CN1C2CCC1CC(Oc1ccc(-n3cnc4cc(CCC5CC5)sc4c3=O)cc1)C2. The lowest BCUT2D eigenvalue weighted by atomic mass is 10.0. The van der Waals surface area contributed by atoms with E-state index >= 15 is 0 Å². The maximum absolute atomic E-state index is 13.1. The Hall–Kier alpha value is -2.18. The molecule has 2 aliphatic heterocycles. The van der Waals surface area contributed by atoms with E-state index < -0.39 is 0 Å². The largest absolute Gasteiger partial charge is 0.490 e. The molecular formula is C25H29N3O2S. The zero-order valence-electron chi connectivity index (χ0n) is 18.0. The molecule has 3 aliphatic rings. The van der Waals surface area contributed by atoms with Gasteiger partial charge < -0.3 is 9.64 Å². The van der Waals surface area contributed by atoms with Gasteiger partial charge >= 0.3 is 0 Å². The van der Waals surface area contributed by atoms with E-state index in [0.29, 0.717) is 18.2 Å². The molecule has 0 radical (unpaired) electrons. The van der Waals surface area contributed by atoms with Crippen molar-refractivity contribution in [3.63, 3.8) is 0 Å². The molecule has 2 saturated heterocycles. The maximum atomic E-state index is 13.1. The van der Waals surface area contributed by atoms with Gasteiger partial charge in [-0.2, -0.15) is 0 Å². The highest BCUT2D eigenvalue weighted by atomic mass is 32.1. The van der Waals surface area contributed by atoms with Crippen LogP contribution in [-0.4, -0.2) is 39.7 Å². The van der Waals surface area contributed by atoms with E-state index in [-0.39, 0.29) is 5.56 Å². The van der Waals surface area contributed by atoms with Crippen LogP contribution in [0.4, 0.5) is 0 Å². The summed E-state index contributed by atoms with van der Waals surface area (Å²) in [6, 6.07) is 11.3. The second-order valence-corrected chi connectivity index (χ2v) is 10.7. The molecule has 3 aromatic rings. The number of ether oxygens (including phenoxy) is 1. The summed E-state index contributed by atoms with van der Waals surface area (Å²) in [7, 11) is 2.25. The average molecular weight is 436 g/mol. The molecule has 0 N–H and O–H groups in total. The number of nitrogens with zero attached hydrogens (tertiary/aromatic N) is 3. The first-order chi connectivity index (χ1) is 15.1. The third-order valence-electron chi connectivity index (χ3n) is 7.46. The summed E-state index contributed by atoms with van der Waals surface area (Å²) in [5.41, 5.74) is 1.69. The van der Waals surface area contributed by atoms with E-state index in [1.807, 2.05) is 24.3 Å². The molecule has 2 atom stereocenters. The van der Waals surface area contributed by atoms with Gasteiger partial charge in [-0.25, -0.2) is 4.98 Å². The number of thiophene rings is 1. The van der Waals surface area contributed by atoms with Crippen molar-refractivity contribution < 1.29 is 4.74 Å². The van der Waals surface area contributed by atoms with Crippen molar-refractivity contribution in [2.75, 3.05) is 7.05 Å². The second-order valence-electron chi connectivity index (χ2n) is 9.58. The standard InChI is InChI=1S/C25H29N3O2S/c1-27-18-5-6-19(27)13-21(12-18)30-20-9-7-17(8-10-20)28-15-26-23-14-22(11-4-16-2-3-16)31-24(23)25(28)29/h7-10,14-16,18-19,21H,2-6,11-13H2,1H3. The van der Waals surface area contributed by atoms with Gasteiger partial charge in [-0.1, -0.05) is 12.8 Å². The van der Waals surface area contributed by atoms with Crippen molar-refractivity contribution in [1.29, 1.82) is 0 Å². The summed E-state index contributed by atoms with van der Waals surface area (Å²) in [5.74, 6) is 1.79. The highest BCUT2D eigenvalue weighted by Crippen LogP contribution is 2.36. The Morgan fingerprint density at radius 3 is 2.55 bits per heavy atom. The molecule has 0 spiro atoms. The highest BCUT2D eigenvalue weighted by Gasteiger charge is 2.39. The summed E-state index contributed by atoms with van der Waals surface area (Å²) >= 11 is 1.61. The second kappa shape index (κ2) is 7.75. The lowest BCUT2D eigenvalue weighted by molar-refractivity contribution is 0.0662. The molecule has 1 saturated carbocycles. The van der Waals surface area contributed by atoms with E-state index in [9.17, 15) is 4.79 Å². The van der Waals surface area contributed by atoms with Gasteiger partial charge in [0.05, 0.1) is 11.2 Å². The summed E-state index contributed by atoms with van der Waals surface area (Å²) in [5, 5.41) is 0. The molecule has 0 amide bonds. The van der Waals surface area contributed by atoms with Crippen molar-refractivity contribution >= 4 is 21.6 Å². The fraction of sp³-hybridized carbons (Fsp3) is 0.520. The third kappa shape index (κ3) is 3.80. The van der Waals surface area contributed by atoms with Crippen molar-refractivity contribution in [2.45, 2.75) is 69.6 Å². The number of piperidine rings is 1. The zero-order valence-corrected chi connectivity index (χ0v) is 18.8. The first-order valence-electron chi connectivity index (χ1n) is 11.6. The van der Waals surface area contributed by atoms with Crippen molar-refractivity contribution in [3.05, 3.63) is 51.9 Å². The minimum atomic E-state index is 0.0215. The van der Waals surface area contributed by atoms with Crippen LogP contribution in [0.3, 0.4) is 0 Å². The Balaban J connectivity index is 1.18. The van der Waals surface area contributed by atoms with Gasteiger partial charge in [-0.15, -0.1) is 11.3 Å². The van der Waals surface area contributed by atoms with Crippen LogP contribution in [0.1, 0.15) is 49.8 Å². The monoisotopic (exact) mass is 435 g/mol. The molecular weight excluding hydrogens is 406 g/mol. The fourth-order valence-corrected chi connectivity index (χ4v) is 6.41. The highest BCUT2D eigenvalue weighted by molar-refractivity contribution is 7.18. The van der Waals surface area contributed by atoms with Gasteiger partial charge in [0.25, 0.3) is 5.56 Å².